The van der Waals surface area contributed by atoms with Crippen LogP contribution < -0.4 is 5.06 Å². The molecule has 1 spiro atoms. The van der Waals surface area contributed by atoms with E-state index in [9.17, 15) is 5.21 Å². The average molecular weight is 185 g/mol. The Labute approximate surface area is 79.6 Å². The van der Waals surface area contributed by atoms with Gasteiger partial charge < -0.3 is 15.0 Å². The van der Waals surface area contributed by atoms with Crippen molar-refractivity contribution in [3.05, 3.63) is 5.21 Å². The molecule has 0 bridgehead atoms. The molecule has 76 valence electrons. The van der Waals surface area contributed by atoms with E-state index in [-0.39, 0.29) is 11.3 Å². The Hall–Kier alpha value is -0.120. The third-order valence-corrected chi connectivity index (χ3v) is 3.40. The first kappa shape index (κ1) is 9.44. The maximum absolute atomic E-state index is 12.1. The molecule has 1 unspecified atom stereocenters. The Morgan fingerprint density at radius 1 is 1.15 bits per heavy atom. The van der Waals surface area contributed by atoms with E-state index in [4.69, 9.17) is 4.74 Å². The van der Waals surface area contributed by atoms with Crippen LogP contribution >= 0.6 is 0 Å². The van der Waals surface area contributed by atoms with Crippen molar-refractivity contribution in [1.29, 1.82) is 0 Å². The fourth-order valence-electron chi connectivity index (χ4n) is 2.56. The van der Waals surface area contributed by atoms with Crippen LogP contribution in [-0.4, -0.2) is 17.9 Å². The van der Waals surface area contributed by atoms with Gasteiger partial charge in [0.1, 0.15) is 12.1 Å². The summed E-state index contributed by atoms with van der Waals surface area (Å²) < 4.78 is 5.76. The van der Waals surface area contributed by atoms with Crippen LogP contribution in [0, 0.1) is 5.21 Å². The van der Waals surface area contributed by atoms with Crippen LogP contribution in [0.15, 0.2) is 0 Å². The molecule has 2 rings (SSSR count). The topological polar surface area (TPSA) is 36.7 Å². The van der Waals surface area contributed by atoms with Crippen molar-refractivity contribution in [3.8, 4) is 0 Å². The summed E-state index contributed by atoms with van der Waals surface area (Å²) in [6.45, 7) is 4.61. The Morgan fingerprint density at radius 3 is 2.23 bits per heavy atom. The number of rotatable bonds is 0. The molecule has 1 saturated heterocycles. The molecule has 0 radical (unpaired) electrons. The van der Waals surface area contributed by atoms with Gasteiger partial charge in [-0.2, -0.15) is 0 Å². The zero-order valence-corrected chi connectivity index (χ0v) is 8.56. The van der Waals surface area contributed by atoms with E-state index in [1.807, 2.05) is 13.8 Å². The number of ether oxygens (including phenoxy) is 1. The highest BCUT2D eigenvalue weighted by Crippen LogP contribution is 2.31. The minimum absolute atomic E-state index is 0.239. The first-order chi connectivity index (χ1) is 6.07. The van der Waals surface area contributed by atoms with Crippen molar-refractivity contribution in [2.24, 2.45) is 0 Å². The molecule has 0 aromatic heterocycles. The monoisotopic (exact) mass is 185 g/mol. The van der Waals surface area contributed by atoms with Gasteiger partial charge in [-0.3, -0.25) is 0 Å². The van der Waals surface area contributed by atoms with Crippen LogP contribution in [0.5, 0.6) is 0 Å². The molecular weight excluding hydrogens is 166 g/mol. The highest BCUT2D eigenvalue weighted by molar-refractivity contribution is 4.84. The fourth-order valence-corrected chi connectivity index (χ4v) is 2.56. The molecule has 2 fully saturated rings. The molecule has 0 aromatic carbocycles. The van der Waals surface area contributed by atoms with E-state index in [0.29, 0.717) is 11.7 Å². The van der Waals surface area contributed by atoms with Gasteiger partial charge in [0.05, 0.1) is 0 Å². The smallest absolute Gasteiger partial charge is 0.202 e. The Kier molecular flexibility index (Phi) is 2.13. The standard InChI is InChI=1S/C10H19NO2/c1-9(2)8-13-10(11(9)12)6-4-3-5-7-10/h11H,3-8H2,1-2H3. The zero-order chi connectivity index (χ0) is 9.53. The quantitative estimate of drug-likeness (QED) is 0.568. The zero-order valence-electron chi connectivity index (χ0n) is 8.56. The summed E-state index contributed by atoms with van der Waals surface area (Å²) in [6, 6.07) is 0. The predicted octanol–water partition coefficient (Wildman–Crippen LogP) is 0.838. The van der Waals surface area contributed by atoms with Gasteiger partial charge in [0.15, 0.2) is 0 Å². The average Bonchev–Trinajstić information content (AvgIpc) is 2.33. The summed E-state index contributed by atoms with van der Waals surface area (Å²) in [6.07, 6.45) is 5.48. The van der Waals surface area contributed by atoms with Gasteiger partial charge in [0.2, 0.25) is 5.72 Å². The summed E-state index contributed by atoms with van der Waals surface area (Å²) in [5, 5.41) is 12.4. The number of hydrogen-bond donors (Lipinski definition) is 1. The number of quaternary nitrogens is 1. The predicted molar refractivity (Wildman–Crippen MR) is 50.2 cm³/mol. The van der Waals surface area contributed by atoms with Crippen molar-refractivity contribution in [1.82, 2.24) is 0 Å². The molecule has 0 aromatic rings. The van der Waals surface area contributed by atoms with E-state index >= 15 is 0 Å². The summed E-state index contributed by atoms with van der Waals surface area (Å²) in [5.41, 5.74) is -0.612. The fraction of sp³-hybridized carbons (Fsp3) is 1.00. The lowest BCUT2D eigenvalue weighted by Gasteiger charge is -2.43. The molecule has 0 amide bonds. The molecule has 1 saturated carbocycles. The third kappa shape index (κ3) is 1.39. The Balaban J connectivity index is 2.15. The summed E-state index contributed by atoms with van der Waals surface area (Å²) >= 11 is 0. The van der Waals surface area contributed by atoms with Gasteiger partial charge in [-0.25, -0.2) is 0 Å². The molecule has 2 aliphatic rings. The molecule has 1 aliphatic heterocycles. The molecule has 13 heavy (non-hydrogen) atoms. The second kappa shape index (κ2) is 2.94. The second-order valence-corrected chi connectivity index (χ2v) is 5.06. The minimum atomic E-state index is -0.373. The third-order valence-electron chi connectivity index (χ3n) is 3.40. The summed E-state index contributed by atoms with van der Waals surface area (Å²) in [7, 11) is 0. The minimum Gasteiger partial charge on any atom is -0.632 e. The van der Waals surface area contributed by atoms with Crippen LogP contribution in [0.25, 0.3) is 0 Å². The first-order valence-electron chi connectivity index (χ1n) is 5.26. The molecule has 1 atom stereocenters. The molecule has 1 heterocycles. The van der Waals surface area contributed by atoms with Crippen molar-refractivity contribution in [3.63, 3.8) is 0 Å². The van der Waals surface area contributed by atoms with Gasteiger partial charge in [0, 0.05) is 12.8 Å². The maximum atomic E-state index is 12.1. The highest BCUT2D eigenvalue weighted by atomic mass is 16.6. The molecule has 3 nitrogen and oxygen atoms in total. The second-order valence-electron chi connectivity index (χ2n) is 5.06. The van der Waals surface area contributed by atoms with Crippen molar-refractivity contribution in [2.75, 3.05) is 6.61 Å². The molecular formula is C10H19NO2. The largest absolute Gasteiger partial charge is 0.632 e. The Bertz CT molecular complexity index is 197. The first-order valence-corrected chi connectivity index (χ1v) is 5.26. The van der Waals surface area contributed by atoms with Gasteiger partial charge >= 0.3 is 0 Å². The lowest BCUT2D eigenvalue weighted by molar-refractivity contribution is -0.951. The van der Waals surface area contributed by atoms with Gasteiger partial charge in [-0.05, 0) is 26.7 Å². The highest BCUT2D eigenvalue weighted by Gasteiger charge is 2.52. The summed E-state index contributed by atoms with van der Waals surface area (Å²) in [5.74, 6) is 0. The Morgan fingerprint density at radius 2 is 1.77 bits per heavy atom. The number of nitrogens with one attached hydrogen (secondary N) is 1. The summed E-state index contributed by atoms with van der Waals surface area (Å²) in [4.78, 5) is 0. The molecule has 1 aliphatic carbocycles. The van der Waals surface area contributed by atoms with E-state index in [1.165, 1.54) is 6.42 Å². The normalized spacial score (nSPS) is 36.7. The molecule has 1 N–H and O–H groups in total. The van der Waals surface area contributed by atoms with Gasteiger partial charge in [0.25, 0.3) is 0 Å². The SMILES string of the molecule is CC1(C)COC2(CCCCC2)[NH+]1[O-]. The lowest BCUT2D eigenvalue weighted by atomic mass is 9.90. The van der Waals surface area contributed by atoms with Gasteiger partial charge in [-0.1, -0.05) is 6.42 Å². The van der Waals surface area contributed by atoms with Crippen LogP contribution in [0.2, 0.25) is 0 Å². The van der Waals surface area contributed by atoms with Gasteiger partial charge in [-0.15, -0.1) is 0 Å². The van der Waals surface area contributed by atoms with E-state index in [0.717, 1.165) is 25.7 Å². The van der Waals surface area contributed by atoms with Crippen LogP contribution in [0.3, 0.4) is 0 Å². The number of hydroxylamine groups is 2. The van der Waals surface area contributed by atoms with Crippen molar-refractivity contribution >= 4 is 0 Å². The van der Waals surface area contributed by atoms with Crippen LogP contribution in [0.4, 0.5) is 0 Å². The molecule has 3 heteroatoms. The van der Waals surface area contributed by atoms with E-state index < -0.39 is 0 Å². The maximum Gasteiger partial charge on any atom is 0.202 e. The van der Waals surface area contributed by atoms with Crippen molar-refractivity contribution in [2.45, 2.75) is 57.2 Å². The van der Waals surface area contributed by atoms with Crippen molar-refractivity contribution < 1.29 is 9.80 Å². The number of hydrogen-bond acceptors (Lipinski definition) is 2. The van der Waals surface area contributed by atoms with E-state index in [2.05, 4.69) is 0 Å². The van der Waals surface area contributed by atoms with Crippen LogP contribution in [0.1, 0.15) is 46.0 Å². The lowest BCUT2D eigenvalue weighted by Crippen LogP contribution is -3.20. The van der Waals surface area contributed by atoms with E-state index in [1.54, 1.807) is 0 Å². The van der Waals surface area contributed by atoms with Crippen LogP contribution in [-0.2, 0) is 4.74 Å².